The van der Waals surface area contributed by atoms with Gasteiger partial charge in [-0.3, -0.25) is 0 Å². The summed E-state index contributed by atoms with van der Waals surface area (Å²) in [7, 11) is 3.22. The number of methoxy groups -OCH3 is 2. The summed E-state index contributed by atoms with van der Waals surface area (Å²) < 4.78 is 39.6. The minimum Gasteiger partial charge on any atom is -0.493 e. The molecule has 0 atom stereocenters. The molecule has 160 valence electrons. The lowest BCUT2D eigenvalue weighted by molar-refractivity contribution is -0.686. The zero-order valence-electron chi connectivity index (χ0n) is 17.8. The molecular weight excluding hydrogens is 409 g/mol. The van der Waals surface area contributed by atoms with Gasteiger partial charge in [0.25, 0.3) is 0 Å². The first kappa shape index (κ1) is 18.9. The topological polar surface area (TPSA) is 40.8 Å². The van der Waals surface area contributed by atoms with Crippen molar-refractivity contribution >= 4 is 10.8 Å². The molecule has 0 saturated heterocycles. The Labute approximate surface area is 184 Å². The van der Waals surface area contributed by atoms with Crippen LogP contribution in [0.5, 0.6) is 23.0 Å². The molecule has 0 fully saturated rings. The van der Waals surface area contributed by atoms with E-state index in [2.05, 4.69) is 22.9 Å². The monoisotopic (exact) mass is 430 g/mol. The number of aromatic nitrogens is 1. The predicted octanol–water partition coefficient (Wildman–Crippen LogP) is 4.90. The number of rotatable bonds is 3. The molecule has 0 spiro atoms. The van der Waals surface area contributed by atoms with Crippen LogP contribution in [0.15, 0.2) is 54.7 Å². The maximum Gasteiger partial charge on any atom is 0.231 e. The van der Waals surface area contributed by atoms with Gasteiger partial charge >= 0.3 is 0 Å². The van der Waals surface area contributed by atoms with Crippen LogP contribution in [0.3, 0.4) is 0 Å². The summed E-state index contributed by atoms with van der Waals surface area (Å²) in [5, 5.41) is 1.77. The molecule has 0 bridgehead atoms. The second-order valence-electron chi connectivity index (χ2n) is 7.93. The zero-order chi connectivity index (χ0) is 21.8. The number of aryl methyl sites for hydroxylation is 2. The molecule has 1 aromatic heterocycles. The maximum atomic E-state index is 14.8. The highest BCUT2D eigenvalue weighted by atomic mass is 19.1. The van der Waals surface area contributed by atoms with Crippen molar-refractivity contribution < 1.29 is 27.9 Å². The molecule has 4 aromatic rings. The molecule has 6 heteroatoms. The van der Waals surface area contributed by atoms with Crippen LogP contribution in [0.25, 0.3) is 33.2 Å². The van der Waals surface area contributed by atoms with Gasteiger partial charge in [-0.25, -0.2) is 4.39 Å². The molecule has 0 amide bonds. The number of ether oxygens (including phenoxy) is 4. The van der Waals surface area contributed by atoms with Crippen molar-refractivity contribution in [2.45, 2.75) is 13.0 Å². The Hall–Kier alpha value is -3.80. The van der Waals surface area contributed by atoms with Gasteiger partial charge in [0.05, 0.1) is 25.2 Å². The Morgan fingerprint density at radius 1 is 0.875 bits per heavy atom. The van der Waals surface area contributed by atoms with E-state index in [1.54, 1.807) is 26.4 Å². The first-order valence-electron chi connectivity index (χ1n) is 10.5. The molecule has 2 aliphatic rings. The van der Waals surface area contributed by atoms with Crippen LogP contribution in [-0.2, 0) is 13.0 Å². The summed E-state index contributed by atoms with van der Waals surface area (Å²) in [5.41, 5.74) is 4.62. The minimum absolute atomic E-state index is 0.240. The summed E-state index contributed by atoms with van der Waals surface area (Å²) in [6.07, 6.45) is 2.95. The van der Waals surface area contributed by atoms with Crippen LogP contribution >= 0.6 is 0 Å². The fourth-order valence-corrected chi connectivity index (χ4v) is 4.76. The van der Waals surface area contributed by atoms with E-state index in [9.17, 15) is 4.39 Å². The van der Waals surface area contributed by atoms with Crippen LogP contribution in [0, 0.1) is 5.82 Å². The molecule has 0 aliphatic carbocycles. The third kappa shape index (κ3) is 2.72. The summed E-state index contributed by atoms with van der Waals surface area (Å²) in [6.45, 7) is 1.05. The van der Waals surface area contributed by atoms with E-state index in [4.69, 9.17) is 18.9 Å². The van der Waals surface area contributed by atoms with Crippen molar-refractivity contribution in [1.29, 1.82) is 0 Å². The van der Waals surface area contributed by atoms with Crippen molar-refractivity contribution in [3.05, 3.63) is 66.1 Å². The summed E-state index contributed by atoms with van der Waals surface area (Å²) in [5.74, 6) is 2.46. The lowest BCUT2D eigenvalue weighted by Gasteiger charge is -2.19. The van der Waals surface area contributed by atoms with Crippen molar-refractivity contribution in [3.63, 3.8) is 0 Å². The summed E-state index contributed by atoms with van der Waals surface area (Å²) >= 11 is 0. The average Bonchev–Trinajstić information content (AvgIpc) is 3.28. The van der Waals surface area contributed by atoms with Crippen molar-refractivity contribution in [2.75, 3.05) is 21.0 Å². The number of fused-ring (bicyclic) bond motifs is 5. The van der Waals surface area contributed by atoms with Gasteiger partial charge < -0.3 is 18.9 Å². The number of pyridine rings is 1. The molecule has 0 unspecified atom stereocenters. The smallest absolute Gasteiger partial charge is 0.231 e. The third-order valence-electron chi connectivity index (χ3n) is 6.28. The highest BCUT2D eigenvalue weighted by molar-refractivity contribution is 6.02. The van der Waals surface area contributed by atoms with E-state index in [1.165, 1.54) is 11.6 Å². The number of hydrogen-bond acceptors (Lipinski definition) is 4. The SMILES string of the molecule is COc1cc(-c2ccccc2F)c2cc3[n+](cc2c1OC)CCc1cc2c(cc1-3)OCO2. The number of hydrogen-bond donors (Lipinski definition) is 0. The highest BCUT2D eigenvalue weighted by Gasteiger charge is 2.29. The van der Waals surface area contributed by atoms with Crippen molar-refractivity contribution in [2.24, 2.45) is 0 Å². The van der Waals surface area contributed by atoms with E-state index >= 15 is 0 Å². The van der Waals surface area contributed by atoms with Crippen LogP contribution in [0.1, 0.15) is 5.56 Å². The van der Waals surface area contributed by atoms with E-state index in [0.717, 1.165) is 52.1 Å². The fraction of sp³-hybridized carbons (Fsp3) is 0.192. The van der Waals surface area contributed by atoms with Crippen molar-refractivity contribution in [3.8, 4) is 45.4 Å². The zero-order valence-corrected chi connectivity index (χ0v) is 17.8. The molecule has 3 aromatic carbocycles. The van der Waals surface area contributed by atoms with Gasteiger partial charge in [-0.1, -0.05) is 18.2 Å². The van der Waals surface area contributed by atoms with Gasteiger partial charge in [0.15, 0.2) is 35.7 Å². The Bertz CT molecular complexity index is 1400. The van der Waals surface area contributed by atoms with Crippen molar-refractivity contribution in [1.82, 2.24) is 0 Å². The maximum absolute atomic E-state index is 14.8. The summed E-state index contributed by atoms with van der Waals surface area (Å²) in [6, 6.07) is 14.9. The summed E-state index contributed by atoms with van der Waals surface area (Å²) in [4.78, 5) is 0. The first-order chi connectivity index (χ1) is 15.7. The molecule has 3 heterocycles. The lowest BCUT2D eigenvalue weighted by Crippen LogP contribution is -2.40. The van der Waals surface area contributed by atoms with Gasteiger partial charge in [0, 0.05) is 23.4 Å². The second-order valence-corrected chi connectivity index (χ2v) is 7.93. The molecule has 5 nitrogen and oxygen atoms in total. The van der Waals surface area contributed by atoms with Gasteiger partial charge in [0.1, 0.15) is 5.82 Å². The van der Waals surface area contributed by atoms with E-state index in [1.807, 2.05) is 18.2 Å². The van der Waals surface area contributed by atoms with Gasteiger partial charge in [-0.2, -0.15) is 4.57 Å². The van der Waals surface area contributed by atoms with Crippen LogP contribution < -0.4 is 23.5 Å². The normalized spacial score (nSPS) is 13.6. The predicted molar refractivity (Wildman–Crippen MR) is 118 cm³/mol. The van der Waals surface area contributed by atoms with Gasteiger partial charge in [-0.05, 0) is 35.4 Å². The van der Waals surface area contributed by atoms with Crippen LogP contribution in [0.4, 0.5) is 4.39 Å². The Morgan fingerprint density at radius 2 is 1.69 bits per heavy atom. The average molecular weight is 430 g/mol. The number of halogens is 1. The van der Waals surface area contributed by atoms with E-state index in [0.29, 0.717) is 17.1 Å². The lowest BCUT2D eigenvalue weighted by atomic mass is 9.92. The van der Waals surface area contributed by atoms with Gasteiger partial charge in [-0.15, -0.1) is 0 Å². The fourth-order valence-electron chi connectivity index (χ4n) is 4.76. The number of nitrogens with zero attached hydrogens (tertiary/aromatic N) is 1. The highest BCUT2D eigenvalue weighted by Crippen LogP contribution is 2.45. The second kappa shape index (κ2) is 7.12. The molecule has 0 radical (unpaired) electrons. The van der Waals surface area contributed by atoms with Crippen LogP contribution in [-0.4, -0.2) is 21.0 Å². The first-order valence-corrected chi connectivity index (χ1v) is 10.5. The number of benzene rings is 3. The molecule has 32 heavy (non-hydrogen) atoms. The standard InChI is InChI=1S/C26H21FNO4/c1-29-25-12-19(16-5-3-4-6-21(16)27)18-10-22-17-11-24-23(31-14-32-24)9-15(17)7-8-28(22)13-20(18)26(25)30-2/h3-6,9-13H,7-8,14H2,1-2H3/q+1. The van der Waals surface area contributed by atoms with E-state index < -0.39 is 0 Å². The largest absolute Gasteiger partial charge is 0.493 e. The minimum atomic E-state index is -0.282. The quantitative estimate of drug-likeness (QED) is 0.434. The molecule has 0 saturated carbocycles. The molecule has 0 N–H and O–H groups in total. The Kier molecular flexibility index (Phi) is 4.21. The van der Waals surface area contributed by atoms with Crippen LogP contribution in [0.2, 0.25) is 0 Å². The molecule has 2 aliphatic heterocycles. The Balaban J connectivity index is 1.68. The molecular formula is C26H21FNO4+. The third-order valence-corrected chi connectivity index (χ3v) is 6.28. The molecule has 6 rings (SSSR count). The van der Waals surface area contributed by atoms with E-state index in [-0.39, 0.29) is 12.6 Å². The Morgan fingerprint density at radius 3 is 2.47 bits per heavy atom. The van der Waals surface area contributed by atoms with Gasteiger partial charge in [0.2, 0.25) is 12.5 Å².